The maximum Gasteiger partial charge on any atom is 0.410 e. The Kier molecular flexibility index (Phi) is 7.96. The molecule has 8 heteroatoms. The SMILES string of the molecule is CCOC(=O)COC(c1cccc(F)c1F)[C@@H]1CCCN(C(=O)OC(C)(C)C)C1. The van der Waals surface area contributed by atoms with Crippen molar-refractivity contribution in [3.05, 3.63) is 35.4 Å². The van der Waals surface area contributed by atoms with Crippen molar-refractivity contribution in [3.63, 3.8) is 0 Å². The zero-order valence-electron chi connectivity index (χ0n) is 17.4. The quantitative estimate of drug-likeness (QED) is 0.653. The first-order valence-electron chi connectivity index (χ1n) is 9.81. The number of amides is 1. The third-order valence-electron chi connectivity index (χ3n) is 4.51. The van der Waals surface area contributed by atoms with Crippen LogP contribution in [0.4, 0.5) is 13.6 Å². The smallest absolute Gasteiger partial charge is 0.410 e. The highest BCUT2D eigenvalue weighted by atomic mass is 19.2. The minimum atomic E-state index is -1.02. The molecular weight excluding hydrogens is 384 g/mol. The minimum absolute atomic E-state index is 0.0188. The molecule has 1 unspecified atom stereocenters. The maximum atomic E-state index is 14.5. The summed E-state index contributed by atoms with van der Waals surface area (Å²) in [4.78, 5) is 25.7. The summed E-state index contributed by atoms with van der Waals surface area (Å²) < 4.78 is 44.3. The van der Waals surface area contributed by atoms with Crippen molar-refractivity contribution in [2.45, 2.75) is 52.2 Å². The van der Waals surface area contributed by atoms with Gasteiger partial charge in [0, 0.05) is 24.6 Å². The molecular formula is C21H29F2NO5. The van der Waals surface area contributed by atoms with Crippen LogP contribution in [-0.4, -0.2) is 48.9 Å². The molecule has 6 nitrogen and oxygen atoms in total. The molecule has 1 aromatic rings. The van der Waals surface area contributed by atoms with Gasteiger partial charge < -0.3 is 19.1 Å². The second kappa shape index (κ2) is 10.0. The molecule has 2 atom stereocenters. The van der Waals surface area contributed by atoms with E-state index in [0.29, 0.717) is 19.4 Å². The number of hydrogen-bond acceptors (Lipinski definition) is 5. The van der Waals surface area contributed by atoms with E-state index in [9.17, 15) is 18.4 Å². The average molecular weight is 413 g/mol. The number of nitrogens with zero attached hydrogens (tertiary/aromatic N) is 1. The summed E-state index contributed by atoms with van der Waals surface area (Å²) in [6.45, 7) is 7.55. The Labute approximate surface area is 170 Å². The van der Waals surface area contributed by atoms with Gasteiger partial charge in [0.25, 0.3) is 0 Å². The summed E-state index contributed by atoms with van der Waals surface area (Å²) in [7, 11) is 0. The van der Waals surface area contributed by atoms with Crippen LogP contribution in [0, 0.1) is 17.6 Å². The van der Waals surface area contributed by atoms with Gasteiger partial charge in [-0.1, -0.05) is 12.1 Å². The van der Waals surface area contributed by atoms with Crippen LogP contribution < -0.4 is 0 Å². The molecule has 1 saturated heterocycles. The summed E-state index contributed by atoms with van der Waals surface area (Å²) in [5, 5.41) is 0. The van der Waals surface area contributed by atoms with Crippen molar-refractivity contribution in [3.8, 4) is 0 Å². The molecule has 162 valence electrons. The number of piperidine rings is 1. The molecule has 2 rings (SSSR count). The Balaban J connectivity index is 2.21. The number of carbonyl (C=O) groups excluding carboxylic acids is 2. The number of benzene rings is 1. The van der Waals surface area contributed by atoms with E-state index in [-0.39, 0.29) is 24.6 Å². The minimum Gasteiger partial charge on any atom is -0.464 e. The van der Waals surface area contributed by atoms with Crippen molar-refractivity contribution in [2.75, 3.05) is 26.3 Å². The third kappa shape index (κ3) is 6.66. The normalized spacial score (nSPS) is 18.3. The second-order valence-electron chi connectivity index (χ2n) is 8.01. The first kappa shape index (κ1) is 23.1. The largest absolute Gasteiger partial charge is 0.464 e. The predicted octanol–water partition coefficient (Wildman–Crippen LogP) is 4.23. The summed E-state index contributed by atoms with van der Waals surface area (Å²) in [6, 6.07) is 3.85. The van der Waals surface area contributed by atoms with Gasteiger partial charge in [-0.05, 0) is 46.6 Å². The molecule has 0 N–H and O–H groups in total. The first-order valence-corrected chi connectivity index (χ1v) is 9.81. The highest BCUT2D eigenvalue weighted by Crippen LogP contribution is 2.35. The topological polar surface area (TPSA) is 65.1 Å². The van der Waals surface area contributed by atoms with Crippen molar-refractivity contribution < 1.29 is 32.6 Å². The van der Waals surface area contributed by atoms with Crippen LogP contribution >= 0.6 is 0 Å². The molecule has 1 aromatic carbocycles. The summed E-state index contributed by atoms with van der Waals surface area (Å²) in [6.07, 6.45) is -0.0885. The number of halogens is 2. The Bertz CT molecular complexity index is 720. The van der Waals surface area contributed by atoms with E-state index in [1.54, 1.807) is 27.7 Å². The van der Waals surface area contributed by atoms with E-state index in [4.69, 9.17) is 14.2 Å². The molecule has 0 radical (unpaired) electrons. The lowest BCUT2D eigenvalue weighted by molar-refractivity contribution is -0.152. The fourth-order valence-electron chi connectivity index (χ4n) is 3.33. The van der Waals surface area contributed by atoms with Crippen LogP contribution in [0.3, 0.4) is 0 Å². The standard InChI is InChI=1S/C21H29F2NO5/c1-5-27-17(25)13-28-19(15-9-6-10-16(22)18(15)23)14-8-7-11-24(12-14)20(26)29-21(2,3)4/h6,9-10,14,19H,5,7-8,11-13H2,1-4H3/t14-,19?/m1/s1. The Morgan fingerprint density at radius 2 is 2.00 bits per heavy atom. The number of rotatable bonds is 6. The summed E-state index contributed by atoms with van der Waals surface area (Å²) >= 11 is 0. The van der Waals surface area contributed by atoms with Crippen LogP contribution in [0.2, 0.25) is 0 Å². The molecule has 29 heavy (non-hydrogen) atoms. The Morgan fingerprint density at radius 3 is 2.66 bits per heavy atom. The molecule has 1 heterocycles. The van der Waals surface area contributed by atoms with E-state index in [2.05, 4.69) is 0 Å². The van der Waals surface area contributed by atoms with Crippen molar-refractivity contribution in [1.82, 2.24) is 4.90 Å². The molecule has 1 fully saturated rings. The third-order valence-corrected chi connectivity index (χ3v) is 4.51. The molecule has 1 amide bonds. The number of ether oxygens (including phenoxy) is 3. The fraction of sp³-hybridized carbons (Fsp3) is 0.619. The van der Waals surface area contributed by atoms with Gasteiger partial charge in [-0.25, -0.2) is 18.4 Å². The predicted molar refractivity (Wildman–Crippen MR) is 102 cm³/mol. The summed E-state index contributed by atoms with van der Waals surface area (Å²) in [5.41, 5.74) is -0.622. The maximum absolute atomic E-state index is 14.5. The van der Waals surface area contributed by atoms with Crippen molar-refractivity contribution in [1.29, 1.82) is 0 Å². The van der Waals surface area contributed by atoms with E-state index >= 15 is 0 Å². The van der Waals surface area contributed by atoms with Crippen molar-refractivity contribution >= 4 is 12.1 Å². The first-order chi connectivity index (χ1) is 13.6. The van der Waals surface area contributed by atoms with Gasteiger partial charge in [-0.2, -0.15) is 0 Å². The zero-order valence-corrected chi connectivity index (χ0v) is 17.4. The van der Waals surface area contributed by atoms with Gasteiger partial charge in [0.2, 0.25) is 0 Å². The van der Waals surface area contributed by atoms with Gasteiger partial charge >= 0.3 is 12.1 Å². The van der Waals surface area contributed by atoms with Crippen LogP contribution in [-0.2, 0) is 19.0 Å². The van der Waals surface area contributed by atoms with Crippen LogP contribution in [0.1, 0.15) is 52.2 Å². The van der Waals surface area contributed by atoms with Gasteiger partial charge in [0.05, 0.1) is 12.7 Å². The van der Waals surface area contributed by atoms with Crippen molar-refractivity contribution in [2.24, 2.45) is 5.92 Å². The molecule has 0 aromatic heterocycles. The van der Waals surface area contributed by atoms with Crippen LogP contribution in [0.25, 0.3) is 0 Å². The Hall–Kier alpha value is -2.22. The molecule has 0 saturated carbocycles. The average Bonchev–Trinajstić information content (AvgIpc) is 2.64. The monoisotopic (exact) mass is 413 g/mol. The number of likely N-dealkylation sites (tertiary alicyclic amines) is 1. The van der Waals surface area contributed by atoms with Gasteiger partial charge in [-0.3, -0.25) is 0 Å². The fourth-order valence-corrected chi connectivity index (χ4v) is 3.33. The lowest BCUT2D eigenvalue weighted by Gasteiger charge is -2.37. The zero-order chi connectivity index (χ0) is 21.6. The van der Waals surface area contributed by atoms with Crippen LogP contribution in [0.5, 0.6) is 0 Å². The molecule has 1 aliphatic heterocycles. The van der Waals surface area contributed by atoms with Gasteiger partial charge in [0.1, 0.15) is 12.2 Å². The second-order valence-corrected chi connectivity index (χ2v) is 8.01. The lowest BCUT2D eigenvalue weighted by Crippen LogP contribution is -2.44. The van der Waals surface area contributed by atoms with E-state index < -0.39 is 42.0 Å². The molecule has 0 bridgehead atoms. The van der Waals surface area contributed by atoms with Gasteiger partial charge in [0.15, 0.2) is 11.6 Å². The molecule has 1 aliphatic rings. The molecule has 0 aliphatic carbocycles. The highest BCUT2D eigenvalue weighted by molar-refractivity contribution is 5.70. The number of hydrogen-bond donors (Lipinski definition) is 0. The lowest BCUT2D eigenvalue weighted by atomic mass is 9.88. The van der Waals surface area contributed by atoms with Crippen LogP contribution in [0.15, 0.2) is 18.2 Å². The number of esters is 1. The van der Waals surface area contributed by atoms with E-state index in [0.717, 1.165) is 6.07 Å². The summed E-state index contributed by atoms with van der Waals surface area (Å²) in [5.74, 6) is -2.93. The number of carbonyl (C=O) groups is 2. The molecule has 0 spiro atoms. The van der Waals surface area contributed by atoms with E-state index in [1.807, 2.05) is 0 Å². The highest BCUT2D eigenvalue weighted by Gasteiger charge is 2.35. The van der Waals surface area contributed by atoms with Gasteiger partial charge in [-0.15, -0.1) is 0 Å². The Morgan fingerprint density at radius 1 is 1.28 bits per heavy atom. The van der Waals surface area contributed by atoms with E-state index in [1.165, 1.54) is 17.0 Å².